The third kappa shape index (κ3) is 4.29. The number of benzene rings is 2. The van der Waals surface area contributed by atoms with Crippen molar-refractivity contribution in [2.75, 3.05) is 21.3 Å². The Kier molecular flexibility index (Phi) is 7.22. The van der Waals surface area contributed by atoms with Crippen molar-refractivity contribution >= 4 is 46.0 Å². The molecule has 0 N–H and O–H groups in total. The molecule has 9 heteroatoms. The fourth-order valence-electron chi connectivity index (χ4n) is 3.99. The molecule has 1 aromatic heterocycles. The molecule has 2 heterocycles. The van der Waals surface area contributed by atoms with Crippen molar-refractivity contribution in [3.63, 3.8) is 0 Å². The van der Waals surface area contributed by atoms with E-state index in [-0.39, 0.29) is 5.56 Å². The zero-order chi connectivity index (χ0) is 24.4. The SMILES string of the molecule is CCC1=C(C(=O)OC)[C@H](c2ccccc2)n2c(s/c(=C\c3cc(I)c(OC)c(OC)c3)c2=O)=N1. The van der Waals surface area contributed by atoms with Gasteiger partial charge >= 0.3 is 5.97 Å². The van der Waals surface area contributed by atoms with Crippen LogP contribution >= 0.6 is 33.9 Å². The minimum atomic E-state index is -0.618. The van der Waals surface area contributed by atoms with Gasteiger partial charge in [-0.05, 0) is 58.3 Å². The summed E-state index contributed by atoms with van der Waals surface area (Å²) in [5.74, 6) is 0.733. The molecule has 1 aliphatic heterocycles. The predicted molar refractivity (Wildman–Crippen MR) is 139 cm³/mol. The molecule has 0 amide bonds. The van der Waals surface area contributed by atoms with Crippen molar-refractivity contribution in [2.24, 2.45) is 4.99 Å². The first-order valence-corrected chi connectivity index (χ1v) is 12.4. The van der Waals surface area contributed by atoms with E-state index in [4.69, 9.17) is 14.2 Å². The number of thiazole rings is 1. The first-order chi connectivity index (χ1) is 16.4. The Labute approximate surface area is 214 Å². The number of esters is 1. The molecule has 3 aromatic rings. The van der Waals surface area contributed by atoms with Gasteiger partial charge in [-0.2, -0.15) is 0 Å². The van der Waals surface area contributed by atoms with Crippen LogP contribution in [0.3, 0.4) is 0 Å². The second-order valence-corrected chi connectivity index (χ2v) is 9.61. The van der Waals surface area contributed by atoms with E-state index in [1.807, 2.05) is 55.5 Å². The lowest BCUT2D eigenvalue weighted by molar-refractivity contribution is -0.136. The van der Waals surface area contributed by atoms with Gasteiger partial charge in [0.2, 0.25) is 0 Å². The van der Waals surface area contributed by atoms with Crippen molar-refractivity contribution in [1.82, 2.24) is 4.57 Å². The second-order valence-electron chi connectivity index (χ2n) is 7.44. The first-order valence-electron chi connectivity index (χ1n) is 10.5. The normalized spacial score (nSPS) is 15.6. The molecule has 0 saturated carbocycles. The van der Waals surface area contributed by atoms with Crippen LogP contribution in [0.25, 0.3) is 6.08 Å². The van der Waals surface area contributed by atoms with E-state index >= 15 is 0 Å². The summed E-state index contributed by atoms with van der Waals surface area (Å²) in [6.07, 6.45) is 2.34. The zero-order valence-electron chi connectivity index (χ0n) is 19.1. The molecule has 0 saturated heterocycles. The number of allylic oxidation sites excluding steroid dienone is 1. The molecule has 34 heavy (non-hydrogen) atoms. The Balaban J connectivity index is 1.98. The van der Waals surface area contributed by atoms with E-state index in [2.05, 4.69) is 27.6 Å². The molecule has 7 nitrogen and oxygen atoms in total. The number of aromatic nitrogens is 1. The van der Waals surface area contributed by atoms with Crippen molar-refractivity contribution in [3.8, 4) is 11.5 Å². The van der Waals surface area contributed by atoms with Crippen molar-refractivity contribution in [1.29, 1.82) is 0 Å². The Bertz CT molecular complexity index is 1460. The zero-order valence-corrected chi connectivity index (χ0v) is 22.1. The molecular weight excluding hydrogens is 567 g/mol. The van der Waals surface area contributed by atoms with Crippen LogP contribution in [0.4, 0.5) is 0 Å². The summed E-state index contributed by atoms with van der Waals surface area (Å²) < 4.78 is 18.9. The predicted octanol–water partition coefficient (Wildman–Crippen LogP) is 3.42. The number of methoxy groups -OCH3 is 3. The molecule has 0 fully saturated rings. The number of carbonyl (C=O) groups excluding carboxylic acids is 1. The molecular formula is C25H23IN2O5S. The van der Waals surface area contributed by atoms with Crippen LogP contribution in [-0.4, -0.2) is 31.9 Å². The molecule has 2 aromatic carbocycles. The lowest BCUT2D eigenvalue weighted by atomic mass is 9.95. The van der Waals surface area contributed by atoms with E-state index in [1.54, 1.807) is 18.8 Å². The Hall–Kier alpha value is -2.92. The van der Waals surface area contributed by atoms with Crippen LogP contribution in [0.15, 0.2) is 63.5 Å². The number of nitrogens with zero attached hydrogens (tertiary/aromatic N) is 2. The molecule has 0 spiro atoms. The quantitative estimate of drug-likeness (QED) is 0.325. The largest absolute Gasteiger partial charge is 0.493 e. The molecule has 0 radical (unpaired) electrons. The molecule has 0 unspecified atom stereocenters. The Morgan fingerprint density at radius 1 is 1.18 bits per heavy atom. The lowest BCUT2D eigenvalue weighted by Crippen LogP contribution is -2.40. The minimum Gasteiger partial charge on any atom is -0.493 e. The van der Waals surface area contributed by atoms with Gasteiger partial charge in [-0.1, -0.05) is 48.6 Å². The summed E-state index contributed by atoms with van der Waals surface area (Å²) in [5, 5.41) is 0. The van der Waals surface area contributed by atoms with Gasteiger partial charge in [-0.3, -0.25) is 9.36 Å². The van der Waals surface area contributed by atoms with Crippen molar-refractivity contribution in [2.45, 2.75) is 19.4 Å². The van der Waals surface area contributed by atoms with Crippen LogP contribution in [-0.2, 0) is 9.53 Å². The molecule has 4 rings (SSSR count). The monoisotopic (exact) mass is 590 g/mol. The third-order valence-corrected chi connectivity index (χ3v) is 7.30. The van der Waals surface area contributed by atoms with E-state index in [1.165, 1.54) is 18.4 Å². The number of hydrogen-bond acceptors (Lipinski definition) is 7. The standard InChI is InChI=1S/C25H23IN2O5S/c1-5-17-20(24(30)33-4)21(15-9-7-6-8-10-15)28-23(29)19(34-25(28)27-17)13-14-11-16(26)22(32-3)18(12-14)31-2/h6-13,21H,5H2,1-4H3/b19-13-/t21-/m0/s1. The average molecular weight is 590 g/mol. The van der Waals surface area contributed by atoms with Gasteiger partial charge in [0.1, 0.15) is 0 Å². The van der Waals surface area contributed by atoms with E-state index in [0.29, 0.717) is 38.5 Å². The third-order valence-electron chi connectivity index (χ3n) is 5.52. The Morgan fingerprint density at radius 2 is 1.91 bits per heavy atom. The highest BCUT2D eigenvalue weighted by atomic mass is 127. The van der Waals surface area contributed by atoms with Gasteiger partial charge < -0.3 is 14.2 Å². The van der Waals surface area contributed by atoms with E-state index in [0.717, 1.165) is 14.7 Å². The number of ether oxygens (including phenoxy) is 3. The second kappa shape index (κ2) is 10.1. The van der Waals surface area contributed by atoms with Gasteiger partial charge in [0.15, 0.2) is 16.3 Å². The maximum Gasteiger partial charge on any atom is 0.338 e. The summed E-state index contributed by atoms with van der Waals surface area (Å²) in [4.78, 5) is 31.7. The number of hydrogen-bond donors (Lipinski definition) is 0. The topological polar surface area (TPSA) is 79.1 Å². The minimum absolute atomic E-state index is 0.223. The van der Waals surface area contributed by atoms with Gasteiger partial charge in [0, 0.05) is 0 Å². The maximum absolute atomic E-state index is 13.7. The van der Waals surface area contributed by atoms with Gasteiger partial charge in [-0.15, -0.1) is 0 Å². The summed E-state index contributed by atoms with van der Waals surface area (Å²) in [6.45, 7) is 1.93. The summed E-state index contributed by atoms with van der Waals surface area (Å²) in [5.41, 5.74) is 2.40. The first kappa shape index (κ1) is 24.2. The maximum atomic E-state index is 13.7. The smallest absolute Gasteiger partial charge is 0.338 e. The lowest BCUT2D eigenvalue weighted by Gasteiger charge is -2.25. The number of halogens is 1. The molecule has 1 aliphatic rings. The Morgan fingerprint density at radius 3 is 2.53 bits per heavy atom. The molecule has 0 bridgehead atoms. The molecule has 176 valence electrons. The van der Waals surface area contributed by atoms with Crippen LogP contribution < -0.4 is 24.4 Å². The summed E-state index contributed by atoms with van der Waals surface area (Å²) >= 11 is 3.47. The van der Waals surface area contributed by atoms with Gasteiger partial charge in [-0.25, -0.2) is 9.79 Å². The highest BCUT2D eigenvalue weighted by molar-refractivity contribution is 14.1. The number of rotatable bonds is 6. The van der Waals surface area contributed by atoms with Crippen molar-refractivity contribution in [3.05, 3.63) is 88.1 Å². The molecule has 1 atom stereocenters. The van der Waals surface area contributed by atoms with Crippen LogP contribution in [0.1, 0.15) is 30.5 Å². The van der Waals surface area contributed by atoms with Crippen molar-refractivity contribution < 1.29 is 19.0 Å². The summed E-state index contributed by atoms with van der Waals surface area (Å²) in [7, 11) is 4.51. The number of fused-ring (bicyclic) bond motifs is 1. The van der Waals surface area contributed by atoms with Gasteiger partial charge in [0.25, 0.3) is 5.56 Å². The van der Waals surface area contributed by atoms with Crippen LogP contribution in [0.5, 0.6) is 11.5 Å². The van der Waals surface area contributed by atoms with Gasteiger partial charge in [0.05, 0.1) is 46.7 Å². The fraction of sp³-hybridized carbons (Fsp3) is 0.240. The average Bonchev–Trinajstić information content (AvgIpc) is 3.16. The molecule has 0 aliphatic carbocycles. The highest BCUT2D eigenvalue weighted by Gasteiger charge is 2.33. The van der Waals surface area contributed by atoms with E-state index < -0.39 is 12.0 Å². The fourth-order valence-corrected chi connectivity index (χ4v) is 5.85. The summed E-state index contributed by atoms with van der Waals surface area (Å²) in [6, 6.07) is 12.6. The van der Waals surface area contributed by atoms with E-state index in [9.17, 15) is 9.59 Å². The highest BCUT2D eigenvalue weighted by Crippen LogP contribution is 2.34. The van der Waals surface area contributed by atoms with Crippen LogP contribution in [0.2, 0.25) is 0 Å². The number of carbonyl (C=O) groups is 1. The van der Waals surface area contributed by atoms with Crippen LogP contribution in [0, 0.1) is 3.57 Å².